The molecule has 0 saturated heterocycles. The smallest absolute Gasteiger partial charge is 0.140 e. The normalized spacial score (nSPS) is 17.6. The van der Waals surface area contributed by atoms with Gasteiger partial charge in [0, 0.05) is 24.6 Å². The highest BCUT2D eigenvalue weighted by Gasteiger charge is 2.20. The molecule has 1 N–H and O–H groups in total. The molecule has 1 aromatic heterocycles. The van der Waals surface area contributed by atoms with Crippen LogP contribution in [0.15, 0.2) is 30.6 Å². The van der Waals surface area contributed by atoms with Gasteiger partial charge in [-0.2, -0.15) is 5.10 Å². The van der Waals surface area contributed by atoms with Gasteiger partial charge in [0.05, 0.1) is 13.2 Å². The van der Waals surface area contributed by atoms with Crippen LogP contribution in [0.1, 0.15) is 37.2 Å². The van der Waals surface area contributed by atoms with Crippen LogP contribution < -0.4 is 10.1 Å². The number of nitrogens with zero attached hydrogens (tertiary/aromatic N) is 3. The second kappa shape index (κ2) is 6.05. The largest absolute Gasteiger partial charge is 0.493 e. The lowest BCUT2D eigenvalue weighted by molar-refractivity contribution is 0.251. The van der Waals surface area contributed by atoms with Crippen LogP contribution in [0.5, 0.6) is 5.75 Å². The van der Waals surface area contributed by atoms with Gasteiger partial charge in [0.15, 0.2) is 0 Å². The molecule has 0 spiro atoms. The van der Waals surface area contributed by atoms with Crippen LogP contribution in [-0.2, 0) is 13.1 Å². The first-order valence-electron chi connectivity index (χ1n) is 7.20. The van der Waals surface area contributed by atoms with Gasteiger partial charge in [-0.1, -0.05) is 25.1 Å². The Morgan fingerprint density at radius 3 is 3.20 bits per heavy atom. The number of rotatable bonds is 5. The predicted octanol–water partition coefficient (Wildman–Crippen LogP) is 2.30. The molecular weight excluding hydrogens is 252 g/mol. The van der Waals surface area contributed by atoms with Crippen LogP contribution >= 0.6 is 0 Å². The molecule has 106 valence electrons. The number of benzene rings is 1. The predicted molar refractivity (Wildman–Crippen MR) is 76.4 cm³/mol. The molecule has 0 saturated carbocycles. The summed E-state index contributed by atoms with van der Waals surface area (Å²) in [5.41, 5.74) is 1.24. The zero-order valence-electron chi connectivity index (χ0n) is 11.7. The average Bonchev–Trinajstić information content (AvgIpc) is 2.93. The highest BCUT2D eigenvalue weighted by Crippen LogP contribution is 2.31. The second-order valence-electron chi connectivity index (χ2n) is 5.01. The van der Waals surface area contributed by atoms with Crippen molar-refractivity contribution < 1.29 is 4.74 Å². The van der Waals surface area contributed by atoms with Crippen LogP contribution in [0.4, 0.5) is 0 Å². The lowest BCUT2D eigenvalue weighted by Gasteiger charge is -2.26. The molecule has 1 aliphatic rings. The molecule has 3 rings (SSSR count). The number of hydrogen-bond donors (Lipinski definition) is 1. The molecular formula is C15H20N4O. The third-order valence-corrected chi connectivity index (χ3v) is 3.60. The van der Waals surface area contributed by atoms with Crippen molar-refractivity contribution in [2.75, 3.05) is 6.61 Å². The van der Waals surface area contributed by atoms with E-state index in [0.29, 0.717) is 6.04 Å². The molecule has 0 bridgehead atoms. The number of aryl methyl sites for hydroxylation is 1. The van der Waals surface area contributed by atoms with E-state index in [4.69, 9.17) is 4.74 Å². The van der Waals surface area contributed by atoms with Gasteiger partial charge in [-0.25, -0.2) is 9.67 Å². The summed E-state index contributed by atoms with van der Waals surface area (Å²) in [6.07, 6.45) is 3.68. The topological polar surface area (TPSA) is 52.0 Å². The fourth-order valence-corrected chi connectivity index (χ4v) is 2.59. The first-order valence-corrected chi connectivity index (χ1v) is 7.20. The molecule has 1 unspecified atom stereocenters. The number of para-hydroxylation sites is 1. The summed E-state index contributed by atoms with van der Waals surface area (Å²) >= 11 is 0. The van der Waals surface area contributed by atoms with Crippen LogP contribution in [-0.4, -0.2) is 21.4 Å². The minimum Gasteiger partial charge on any atom is -0.493 e. The molecule has 0 radical (unpaired) electrons. The van der Waals surface area contributed by atoms with Gasteiger partial charge in [0.25, 0.3) is 0 Å². The second-order valence-corrected chi connectivity index (χ2v) is 5.01. The van der Waals surface area contributed by atoms with Crippen molar-refractivity contribution in [3.05, 3.63) is 42.0 Å². The minimum atomic E-state index is 0.326. The van der Waals surface area contributed by atoms with Crippen LogP contribution in [0.2, 0.25) is 0 Å². The number of aromatic nitrogens is 3. The van der Waals surface area contributed by atoms with Crippen molar-refractivity contribution in [3.63, 3.8) is 0 Å². The van der Waals surface area contributed by atoms with E-state index in [1.165, 1.54) is 5.56 Å². The van der Waals surface area contributed by atoms with E-state index in [0.717, 1.165) is 44.1 Å². The van der Waals surface area contributed by atoms with E-state index in [2.05, 4.69) is 34.5 Å². The van der Waals surface area contributed by atoms with E-state index in [1.807, 2.05) is 16.8 Å². The van der Waals surface area contributed by atoms with Crippen molar-refractivity contribution >= 4 is 0 Å². The maximum atomic E-state index is 5.68. The fraction of sp³-hybridized carbons (Fsp3) is 0.467. The lowest BCUT2D eigenvalue weighted by Crippen LogP contribution is -2.28. The maximum Gasteiger partial charge on any atom is 0.140 e. The van der Waals surface area contributed by atoms with Gasteiger partial charge in [-0.3, -0.25) is 0 Å². The Bertz CT molecular complexity index is 567. The highest BCUT2D eigenvalue weighted by molar-refractivity contribution is 5.37. The molecule has 0 amide bonds. The molecule has 20 heavy (non-hydrogen) atoms. The molecule has 1 aliphatic heterocycles. The summed E-state index contributed by atoms with van der Waals surface area (Å²) in [5.74, 6) is 1.99. The Kier molecular flexibility index (Phi) is 3.97. The van der Waals surface area contributed by atoms with Gasteiger partial charge in [-0.05, 0) is 12.5 Å². The average molecular weight is 272 g/mol. The van der Waals surface area contributed by atoms with Crippen molar-refractivity contribution in [2.24, 2.45) is 0 Å². The molecule has 1 aromatic carbocycles. The summed E-state index contributed by atoms with van der Waals surface area (Å²) in [6.45, 7) is 4.56. The van der Waals surface area contributed by atoms with Crippen LogP contribution in [0, 0.1) is 0 Å². The minimum absolute atomic E-state index is 0.326. The Labute approximate surface area is 119 Å². The summed E-state index contributed by atoms with van der Waals surface area (Å²) < 4.78 is 7.65. The third kappa shape index (κ3) is 2.67. The zero-order valence-corrected chi connectivity index (χ0v) is 11.7. The van der Waals surface area contributed by atoms with E-state index in [-0.39, 0.29) is 0 Å². The molecule has 5 nitrogen and oxygen atoms in total. The van der Waals surface area contributed by atoms with Gasteiger partial charge in [-0.15, -0.1) is 0 Å². The maximum absolute atomic E-state index is 5.68. The number of hydrogen-bond acceptors (Lipinski definition) is 4. The summed E-state index contributed by atoms with van der Waals surface area (Å²) in [6, 6.07) is 8.55. The van der Waals surface area contributed by atoms with Crippen molar-refractivity contribution in [3.8, 4) is 5.75 Å². The zero-order chi connectivity index (χ0) is 13.8. The molecule has 5 heteroatoms. The van der Waals surface area contributed by atoms with Crippen molar-refractivity contribution in [2.45, 2.75) is 38.9 Å². The Morgan fingerprint density at radius 1 is 1.40 bits per heavy atom. The molecule has 1 atom stereocenters. The fourth-order valence-electron chi connectivity index (χ4n) is 2.59. The summed E-state index contributed by atoms with van der Waals surface area (Å²) in [5, 5.41) is 7.83. The standard InChI is InChI=1S/C15H20N4O/c1-2-8-19-15(17-11-18-19)10-16-13-7-9-20-14-6-4-3-5-12(13)14/h3-6,11,13,16H,2,7-10H2,1H3. The molecule has 2 aromatic rings. The van der Waals surface area contributed by atoms with Crippen molar-refractivity contribution in [1.29, 1.82) is 0 Å². The number of nitrogens with one attached hydrogen (secondary N) is 1. The first kappa shape index (κ1) is 13.1. The van der Waals surface area contributed by atoms with Crippen LogP contribution in [0.25, 0.3) is 0 Å². The number of fused-ring (bicyclic) bond motifs is 1. The summed E-state index contributed by atoms with van der Waals surface area (Å²) in [4.78, 5) is 4.33. The van der Waals surface area contributed by atoms with Gasteiger partial charge in [0.1, 0.15) is 17.9 Å². The Hall–Kier alpha value is -1.88. The third-order valence-electron chi connectivity index (χ3n) is 3.60. The van der Waals surface area contributed by atoms with Crippen molar-refractivity contribution in [1.82, 2.24) is 20.1 Å². The quantitative estimate of drug-likeness (QED) is 0.907. The Morgan fingerprint density at radius 2 is 2.30 bits per heavy atom. The first-order chi connectivity index (χ1) is 9.88. The van der Waals surface area contributed by atoms with Gasteiger partial charge in [0.2, 0.25) is 0 Å². The highest BCUT2D eigenvalue weighted by atomic mass is 16.5. The molecule has 2 heterocycles. The lowest BCUT2D eigenvalue weighted by atomic mass is 10.0. The van der Waals surface area contributed by atoms with Crippen LogP contribution in [0.3, 0.4) is 0 Å². The van der Waals surface area contributed by atoms with Gasteiger partial charge >= 0.3 is 0 Å². The van der Waals surface area contributed by atoms with E-state index in [9.17, 15) is 0 Å². The summed E-state index contributed by atoms with van der Waals surface area (Å²) in [7, 11) is 0. The molecule has 0 fully saturated rings. The van der Waals surface area contributed by atoms with E-state index < -0.39 is 0 Å². The Balaban J connectivity index is 1.69. The van der Waals surface area contributed by atoms with Gasteiger partial charge < -0.3 is 10.1 Å². The monoisotopic (exact) mass is 272 g/mol. The SMILES string of the molecule is CCCn1ncnc1CNC1CCOc2ccccc21. The number of ether oxygens (including phenoxy) is 1. The molecule has 0 aliphatic carbocycles. The van der Waals surface area contributed by atoms with E-state index >= 15 is 0 Å². The van der Waals surface area contributed by atoms with E-state index in [1.54, 1.807) is 6.33 Å².